The number of nitrogens with zero attached hydrogens (tertiary/aromatic N) is 4. The Bertz CT molecular complexity index is 797. The molecule has 3 aromatic rings. The first-order valence-corrected chi connectivity index (χ1v) is 8.68. The zero-order chi connectivity index (χ0) is 16.2. The van der Waals surface area contributed by atoms with Crippen molar-refractivity contribution in [2.45, 2.75) is 37.2 Å². The highest BCUT2D eigenvalue weighted by Crippen LogP contribution is 2.23. The molecule has 0 unspecified atom stereocenters. The predicted molar refractivity (Wildman–Crippen MR) is 86.3 cm³/mol. The van der Waals surface area contributed by atoms with Crippen molar-refractivity contribution in [3.63, 3.8) is 0 Å². The van der Waals surface area contributed by atoms with Crippen molar-refractivity contribution in [2.24, 2.45) is 0 Å². The summed E-state index contributed by atoms with van der Waals surface area (Å²) in [6.07, 6.45) is 4.06. The van der Waals surface area contributed by atoms with E-state index in [1.807, 2.05) is 54.9 Å². The van der Waals surface area contributed by atoms with Gasteiger partial charge in [0.2, 0.25) is 5.89 Å². The van der Waals surface area contributed by atoms with E-state index < -0.39 is 16.0 Å². The van der Waals surface area contributed by atoms with Gasteiger partial charge in [0, 0.05) is 25.4 Å². The van der Waals surface area contributed by atoms with Gasteiger partial charge in [-0.15, -0.1) is 0 Å². The summed E-state index contributed by atoms with van der Waals surface area (Å²) in [6, 6.07) is 9.93. The van der Waals surface area contributed by atoms with Crippen molar-refractivity contribution in [3.05, 3.63) is 60.0 Å². The highest BCUT2D eigenvalue weighted by atomic mass is 32.2. The Kier molecular flexibility index (Phi) is 4.66. The second-order valence-electron chi connectivity index (χ2n) is 5.15. The summed E-state index contributed by atoms with van der Waals surface area (Å²) >= 11 is 0. The SMILES string of the molecule is CCn1ccnc1[S@@](=O)[C@H](C)c1nc(Cc2ccccc2)no1. The molecule has 2 aromatic heterocycles. The fourth-order valence-electron chi connectivity index (χ4n) is 2.26. The van der Waals surface area contributed by atoms with Crippen molar-refractivity contribution in [2.75, 3.05) is 0 Å². The van der Waals surface area contributed by atoms with Gasteiger partial charge in [0.15, 0.2) is 11.0 Å². The van der Waals surface area contributed by atoms with Gasteiger partial charge in [-0.25, -0.2) is 4.98 Å². The largest absolute Gasteiger partial charge is 0.338 e. The molecule has 0 aliphatic carbocycles. The summed E-state index contributed by atoms with van der Waals surface area (Å²) < 4.78 is 19.8. The number of imidazole rings is 1. The maximum atomic E-state index is 12.7. The van der Waals surface area contributed by atoms with Gasteiger partial charge in [0.25, 0.3) is 0 Å². The molecule has 0 bridgehead atoms. The summed E-state index contributed by atoms with van der Waals surface area (Å²) in [4.78, 5) is 8.57. The predicted octanol–water partition coefficient (Wildman–Crippen LogP) is 2.75. The normalized spacial score (nSPS) is 13.8. The Morgan fingerprint density at radius 1 is 1.30 bits per heavy atom. The molecule has 0 spiro atoms. The first-order valence-electron chi connectivity index (χ1n) is 7.47. The molecule has 0 N–H and O–H groups in total. The van der Waals surface area contributed by atoms with Crippen LogP contribution in [0.1, 0.15) is 36.4 Å². The zero-order valence-electron chi connectivity index (χ0n) is 13.0. The van der Waals surface area contributed by atoms with Gasteiger partial charge >= 0.3 is 0 Å². The molecule has 0 amide bonds. The molecular formula is C16H18N4O2S. The molecule has 0 radical (unpaired) electrons. The van der Waals surface area contributed by atoms with E-state index in [9.17, 15) is 4.21 Å². The van der Waals surface area contributed by atoms with Crippen LogP contribution >= 0.6 is 0 Å². The number of benzene rings is 1. The molecule has 23 heavy (non-hydrogen) atoms. The van der Waals surface area contributed by atoms with Gasteiger partial charge in [-0.3, -0.25) is 4.21 Å². The Morgan fingerprint density at radius 2 is 2.09 bits per heavy atom. The average Bonchev–Trinajstić information content (AvgIpc) is 3.23. The average molecular weight is 330 g/mol. The summed E-state index contributed by atoms with van der Waals surface area (Å²) in [5.74, 6) is 0.966. The lowest BCUT2D eigenvalue weighted by Gasteiger charge is -2.07. The third-order valence-corrected chi connectivity index (χ3v) is 5.10. The Labute approximate surface area is 137 Å². The van der Waals surface area contributed by atoms with Crippen molar-refractivity contribution < 1.29 is 8.73 Å². The smallest absolute Gasteiger partial charge is 0.242 e. The summed E-state index contributed by atoms with van der Waals surface area (Å²) in [6.45, 7) is 4.51. The molecule has 0 fully saturated rings. The molecule has 2 heterocycles. The first-order chi connectivity index (χ1) is 11.2. The van der Waals surface area contributed by atoms with Crippen LogP contribution in [-0.2, 0) is 23.8 Å². The van der Waals surface area contributed by atoms with Crippen molar-refractivity contribution >= 4 is 10.8 Å². The van der Waals surface area contributed by atoms with Crippen LogP contribution in [0.2, 0.25) is 0 Å². The summed E-state index contributed by atoms with van der Waals surface area (Å²) in [5.41, 5.74) is 1.11. The molecule has 1 aromatic carbocycles. The van der Waals surface area contributed by atoms with Crippen LogP contribution in [0.25, 0.3) is 0 Å². The van der Waals surface area contributed by atoms with Crippen LogP contribution in [0, 0.1) is 0 Å². The van der Waals surface area contributed by atoms with Gasteiger partial charge in [-0.05, 0) is 19.4 Å². The Balaban J connectivity index is 1.76. The minimum Gasteiger partial charge on any atom is -0.338 e. The van der Waals surface area contributed by atoms with Gasteiger partial charge in [0.05, 0.1) is 0 Å². The van der Waals surface area contributed by atoms with Crippen LogP contribution in [-0.4, -0.2) is 23.9 Å². The molecule has 120 valence electrons. The molecule has 2 atom stereocenters. The van der Waals surface area contributed by atoms with E-state index in [0.717, 1.165) is 12.1 Å². The number of hydrogen-bond acceptors (Lipinski definition) is 5. The third-order valence-electron chi connectivity index (χ3n) is 3.56. The molecular weight excluding hydrogens is 312 g/mol. The molecule has 0 saturated heterocycles. The van der Waals surface area contributed by atoms with E-state index in [1.165, 1.54) is 0 Å². The molecule has 3 rings (SSSR count). The van der Waals surface area contributed by atoms with Gasteiger partial charge < -0.3 is 9.09 Å². The Hall–Kier alpha value is -2.28. The second kappa shape index (κ2) is 6.87. The van der Waals surface area contributed by atoms with E-state index in [4.69, 9.17) is 4.52 Å². The monoisotopic (exact) mass is 330 g/mol. The molecule has 0 aliphatic rings. The summed E-state index contributed by atoms with van der Waals surface area (Å²) in [5, 5.41) is 4.12. The maximum Gasteiger partial charge on any atom is 0.242 e. The maximum absolute atomic E-state index is 12.7. The van der Waals surface area contributed by atoms with Crippen molar-refractivity contribution in [3.8, 4) is 0 Å². The van der Waals surface area contributed by atoms with E-state index >= 15 is 0 Å². The van der Waals surface area contributed by atoms with E-state index in [1.54, 1.807) is 6.20 Å². The fourth-order valence-corrected chi connectivity index (χ4v) is 3.44. The number of aromatic nitrogens is 4. The number of rotatable bonds is 6. The third kappa shape index (κ3) is 3.39. The van der Waals surface area contributed by atoms with Gasteiger partial charge in [0.1, 0.15) is 16.0 Å². The first kappa shape index (κ1) is 15.6. The van der Waals surface area contributed by atoms with Crippen LogP contribution in [0.15, 0.2) is 52.4 Å². The highest BCUT2D eigenvalue weighted by Gasteiger charge is 2.25. The van der Waals surface area contributed by atoms with E-state index in [2.05, 4.69) is 15.1 Å². The topological polar surface area (TPSA) is 73.8 Å². The minimum absolute atomic E-state index is 0.375. The molecule has 7 heteroatoms. The van der Waals surface area contributed by atoms with Crippen LogP contribution in [0.3, 0.4) is 0 Å². The second-order valence-corrected chi connectivity index (χ2v) is 6.81. The number of aryl methyl sites for hydroxylation is 1. The van der Waals surface area contributed by atoms with Crippen molar-refractivity contribution in [1.82, 2.24) is 19.7 Å². The molecule has 0 saturated carbocycles. The van der Waals surface area contributed by atoms with Crippen molar-refractivity contribution in [1.29, 1.82) is 0 Å². The highest BCUT2D eigenvalue weighted by molar-refractivity contribution is 7.85. The minimum atomic E-state index is -1.34. The van der Waals surface area contributed by atoms with E-state index in [0.29, 0.717) is 23.3 Å². The van der Waals surface area contributed by atoms with Crippen LogP contribution < -0.4 is 0 Å². The lowest BCUT2D eigenvalue weighted by molar-refractivity contribution is 0.373. The quantitative estimate of drug-likeness (QED) is 0.695. The van der Waals surface area contributed by atoms with Gasteiger partial charge in [-0.1, -0.05) is 35.5 Å². The van der Waals surface area contributed by atoms with Crippen LogP contribution in [0.4, 0.5) is 0 Å². The lowest BCUT2D eigenvalue weighted by Crippen LogP contribution is -2.10. The molecule has 6 nitrogen and oxygen atoms in total. The lowest BCUT2D eigenvalue weighted by atomic mass is 10.1. The summed E-state index contributed by atoms with van der Waals surface area (Å²) in [7, 11) is -1.34. The Morgan fingerprint density at radius 3 is 2.83 bits per heavy atom. The van der Waals surface area contributed by atoms with E-state index in [-0.39, 0.29) is 0 Å². The molecule has 0 aliphatic heterocycles. The fraction of sp³-hybridized carbons (Fsp3) is 0.312. The van der Waals surface area contributed by atoms with Gasteiger partial charge in [-0.2, -0.15) is 4.98 Å². The number of hydrogen-bond donors (Lipinski definition) is 0. The van der Waals surface area contributed by atoms with Crippen LogP contribution in [0.5, 0.6) is 0 Å². The standard InChI is InChI=1S/C16H18N4O2S/c1-3-20-10-9-17-16(20)23(21)12(2)15-18-14(19-22-15)11-13-7-5-4-6-8-13/h4-10,12H,3,11H2,1-2H3/t12-,23+/m1/s1. The zero-order valence-corrected chi connectivity index (χ0v) is 13.9.